The molecule has 0 aliphatic rings. The molecule has 3 rings (SSSR count). The largest absolute Gasteiger partial charge is 0.493 e. The molecule has 0 saturated carbocycles. The van der Waals surface area contributed by atoms with Gasteiger partial charge in [-0.05, 0) is 24.3 Å². The van der Waals surface area contributed by atoms with Crippen LogP contribution in [0.4, 0.5) is 14.5 Å². The molecule has 1 heterocycles. The van der Waals surface area contributed by atoms with E-state index in [9.17, 15) is 23.7 Å². The van der Waals surface area contributed by atoms with E-state index >= 15 is 0 Å². The van der Waals surface area contributed by atoms with E-state index in [1.54, 1.807) is 0 Å². The van der Waals surface area contributed by atoms with Crippen molar-refractivity contribution in [3.05, 3.63) is 58.5 Å². The number of carbonyl (C=O) groups is 1. The Bertz CT molecular complexity index is 1110. The summed E-state index contributed by atoms with van der Waals surface area (Å²) < 4.78 is 49.3. The fourth-order valence-electron chi connectivity index (χ4n) is 2.48. The second-order valence-electron chi connectivity index (χ2n) is 5.93. The number of nitro groups is 1. The minimum Gasteiger partial charge on any atom is -0.493 e. The van der Waals surface area contributed by atoms with E-state index < -0.39 is 24.1 Å². The van der Waals surface area contributed by atoms with E-state index in [2.05, 4.69) is 14.9 Å². The molecule has 0 radical (unpaired) electrons. The number of methoxy groups -OCH3 is 1. The highest BCUT2D eigenvalue weighted by atomic mass is 19.3. The third-order valence-corrected chi connectivity index (χ3v) is 3.87. The van der Waals surface area contributed by atoms with Crippen molar-refractivity contribution in [2.45, 2.75) is 13.2 Å². The van der Waals surface area contributed by atoms with Crippen LogP contribution in [0.3, 0.4) is 0 Å². The second-order valence-corrected chi connectivity index (χ2v) is 5.93. The van der Waals surface area contributed by atoms with Crippen LogP contribution in [-0.4, -0.2) is 41.4 Å². The topological polar surface area (TPSA) is 136 Å². The number of hydrogen-bond donors (Lipinski definition) is 0. The van der Waals surface area contributed by atoms with Crippen molar-refractivity contribution in [2.75, 3.05) is 13.7 Å². The van der Waals surface area contributed by atoms with Crippen molar-refractivity contribution in [2.24, 2.45) is 0 Å². The van der Waals surface area contributed by atoms with Crippen molar-refractivity contribution in [1.82, 2.24) is 10.1 Å². The predicted molar refractivity (Wildman–Crippen MR) is 101 cm³/mol. The van der Waals surface area contributed by atoms with Crippen molar-refractivity contribution >= 4 is 11.7 Å². The minimum atomic E-state index is -3.02. The maximum Gasteiger partial charge on any atom is 0.387 e. The van der Waals surface area contributed by atoms with E-state index in [1.165, 1.54) is 49.6 Å². The zero-order valence-electron chi connectivity index (χ0n) is 16.4. The Balaban J connectivity index is 1.58. The summed E-state index contributed by atoms with van der Waals surface area (Å²) in [5, 5.41) is 14.7. The lowest BCUT2D eigenvalue weighted by molar-refractivity contribution is -0.385. The standard InChI is InChI=1S/C19H15F2N3O8/c1-28-15-8-11(6-7-14(15)31-19(20)21)18-22-16(32-23-18)9-30-17(25)10-29-13-5-3-2-4-12(13)24(26)27/h2-8,19H,9-10H2,1H3. The lowest BCUT2D eigenvalue weighted by atomic mass is 10.2. The minimum absolute atomic E-state index is 0.0349. The first-order chi connectivity index (χ1) is 15.4. The van der Waals surface area contributed by atoms with Crippen LogP contribution >= 0.6 is 0 Å². The molecule has 13 heteroatoms. The molecule has 168 valence electrons. The summed E-state index contributed by atoms with van der Waals surface area (Å²) in [6.45, 7) is -3.97. The van der Waals surface area contributed by atoms with Gasteiger partial charge in [-0.1, -0.05) is 17.3 Å². The van der Waals surface area contributed by atoms with Gasteiger partial charge in [-0.25, -0.2) is 4.79 Å². The zero-order chi connectivity index (χ0) is 23.1. The molecule has 1 aromatic heterocycles. The maximum atomic E-state index is 12.4. The van der Waals surface area contributed by atoms with E-state index in [4.69, 9.17) is 18.7 Å². The summed E-state index contributed by atoms with van der Waals surface area (Å²) in [7, 11) is 1.28. The summed E-state index contributed by atoms with van der Waals surface area (Å²) in [5.74, 6) is -0.990. The number of esters is 1. The van der Waals surface area contributed by atoms with Crippen LogP contribution in [0, 0.1) is 10.1 Å². The molecule has 0 unspecified atom stereocenters. The van der Waals surface area contributed by atoms with E-state index in [0.717, 1.165) is 0 Å². The number of hydrogen-bond acceptors (Lipinski definition) is 10. The molecule has 0 atom stereocenters. The summed E-state index contributed by atoms with van der Waals surface area (Å²) in [6.07, 6.45) is 0. The molecule has 0 aliphatic heterocycles. The Kier molecular flexibility index (Phi) is 7.10. The SMILES string of the molecule is COc1cc(-c2noc(COC(=O)COc3ccccc3[N+](=O)[O-])n2)ccc1OC(F)F. The Labute approximate surface area is 178 Å². The lowest BCUT2D eigenvalue weighted by Crippen LogP contribution is -2.15. The molecule has 2 aromatic carbocycles. The molecule has 0 aliphatic carbocycles. The van der Waals surface area contributed by atoms with Crippen LogP contribution in [0.1, 0.15) is 5.89 Å². The van der Waals surface area contributed by atoms with Gasteiger partial charge in [0.2, 0.25) is 5.82 Å². The number of para-hydroxylation sites is 2. The molecule has 0 spiro atoms. The normalized spacial score (nSPS) is 10.6. The van der Waals surface area contributed by atoms with Gasteiger partial charge >= 0.3 is 18.3 Å². The summed E-state index contributed by atoms with van der Waals surface area (Å²) in [6, 6.07) is 9.63. The highest BCUT2D eigenvalue weighted by Crippen LogP contribution is 2.32. The van der Waals surface area contributed by atoms with Crippen molar-refractivity contribution in [1.29, 1.82) is 0 Å². The molecular weight excluding hydrogens is 436 g/mol. The molecule has 0 amide bonds. The number of benzene rings is 2. The van der Waals surface area contributed by atoms with Gasteiger partial charge in [-0.15, -0.1) is 0 Å². The molecule has 11 nitrogen and oxygen atoms in total. The molecule has 3 aromatic rings. The van der Waals surface area contributed by atoms with Crippen molar-refractivity contribution in [3.63, 3.8) is 0 Å². The molecule has 0 fully saturated rings. The number of aromatic nitrogens is 2. The highest BCUT2D eigenvalue weighted by molar-refractivity contribution is 5.71. The molecule has 0 bridgehead atoms. The molecule has 0 N–H and O–H groups in total. The zero-order valence-corrected chi connectivity index (χ0v) is 16.4. The number of ether oxygens (including phenoxy) is 4. The summed E-state index contributed by atoms with van der Waals surface area (Å²) in [5.41, 5.74) is 0.0896. The van der Waals surface area contributed by atoms with Crippen LogP contribution in [0.25, 0.3) is 11.4 Å². The third-order valence-electron chi connectivity index (χ3n) is 3.87. The fourth-order valence-corrected chi connectivity index (χ4v) is 2.48. The van der Waals surface area contributed by atoms with E-state index in [-0.39, 0.29) is 41.3 Å². The molecular formula is C19H15F2N3O8. The first kappa shape index (κ1) is 22.4. The first-order valence-corrected chi connectivity index (χ1v) is 8.85. The lowest BCUT2D eigenvalue weighted by Gasteiger charge is -2.10. The number of nitrogens with zero attached hydrogens (tertiary/aromatic N) is 3. The first-order valence-electron chi connectivity index (χ1n) is 8.85. The van der Waals surface area contributed by atoms with Gasteiger partial charge < -0.3 is 23.5 Å². The van der Waals surface area contributed by atoms with Crippen LogP contribution in [0.5, 0.6) is 17.2 Å². The number of alkyl halides is 2. The van der Waals surface area contributed by atoms with Crippen LogP contribution in [0.15, 0.2) is 47.0 Å². The van der Waals surface area contributed by atoms with E-state index in [0.29, 0.717) is 5.56 Å². The Morgan fingerprint density at radius 2 is 1.97 bits per heavy atom. The number of carbonyl (C=O) groups excluding carboxylic acids is 1. The predicted octanol–water partition coefficient (Wildman–Crippen LogP) is 3.38. The van der Waals surface area contributed by atoms with Gasteiger partial charge in [-0.2, -0.15) is 13.8 Å². The average molecular weight is 451 g/mol. The number of halogens is 2. The van der Waals surface area contributed by atoms with Crippen molar-refractivity contribution in [3.8, 4) is 28.6 Å². The van der Waals surface area contributed by atoms with Crippen molar-refractivity contribution < 1.29 is 42.0 Å². The van der Waals surface area contributed by atoms with Crippen LogP contribution in [0.2, 0.25) is 0 Å². The number of nitro benzene ring substituents is 1. The molecule has 0 saturated heterocycles. The number of rotatable bonds is 10. The average Bonchev–Trinajstić information content (AvgIpc) is 3.25. The Morgan fingerprint density at radius 3 is 2.69 bits per heavy atom. The fraction of sp³-hybridized carbons (Fsp3) is 0.211. The third kappa shape index (κ3) is 5.65. The van der Waals surface area contributed by atoms with Gasteiger partial charge in [0.25, 0.3) is 5.89 Å². The van der Waals surface area contributed by atoms with Gasteiger partial charge in [-0.3, -0.25) is 10.1 Å². The highest BCUT2D eigenvalue weighted by Gasteiger charge is 2.17. The van der Waals surface area contributed by atoms with Crippen LogP contribution < -0.4 is 14.2 Å². The van der Waals surface area contributed by atoms with Gasteiger partial charge in [0.15, 0.2) is 30.5 Å². The van der Waals surface area contributed by atoms with Crippen LogP contribution in [-0.2, 0) is 16.1 Å². The maximum absolute atomic E-state index is 12.4. The summed E-state index contributed by atoms with van der Waals surface area (Å²) >= 11 is 0. The quantitative estimate of drug-likeness (QED) is 0.256. The smallest absolute Gasteiger partial charge is 0.387 e. The Hall–Kier alpha value is -4.29. The Morgan fingerprint density at radius 1 is 1.19 bits per heavy atom. The summed E-state index contributed by atoms with van der Waals surface area (Å²) in [4.78, 5) is 26.2. The van der Waals surface area contributed by atoms with Gasteiger partial charge in [0.1, 0.15) is 0 Å². The van der Waals surface area contributed by atoms with Gasteiger partial charge in [0.05, 0.1) is 12.0 Å². The monoisotopic (exact) mass is 451 g/mol. The van der Waals surface area contributed by atoms with E-state index in [1.807, 2.05) is 0 Å². The molecule has 32 heavy (non-hydrogen) atoms. The van der Waals surface area contributed by atoms with Gasteiger partial charge in [0, 0.05) is 11.6 Å². The second kappa shape index (κ2) is 10.1.